The molecule has 1 aromatic carbocycles. The smallest absolute Gasteiger partial charge is 0.119 e. The Kier molecular flexibility index (Phi) is 6.31. The summed E-state index contributed by atoms with van der Waals surface area (Å²) in [5.41, 5.74) is 1.32. The van der Waals surface area contributed by atoms with Gasteiger partial charge in [0, 0.05) is 5.92 Å². The molecule has 0 saturated carbocycles. The Morgan fingerprint density at radius 1 is 1.38 bits per heavy atom. The standard InChI is InChI=1S/C19H28O2/c1-4-6-7-11-19-18(5-2)16(14-21-19)12-15-9-8-10-17(13-15)20-3/h5,8-10,13,16,18-19H,2,4,6-7,11-12,14H2,1,3H3/t16-,18+,19-/m0/s1. The second-order valence-electron chi connectivity index (χ2n) is 6.00. The molecule has 2 nitrogen and oxygen atoms in total. The van der Waals surface area contributed by atoms with E-state index in [4.69, 9.17) is 9.47 Å². The van der Waals surface area contributed by atoms with Crippen molar-refractivity contribution in [3.63, 3.8) is 0 Å². The zero-order valence-electron chi connectivity index (χ0n) is 13.4. The SMILES string of the molecule is C=C[C@@H]1[C@@H](Cc2cccc(OC)c2)CO[C@H]1CCCCC. The molecule has 1 saturated heterocycles. The molecule has 1 aliphatic rings. The van der Waals surface area contributed by atoms with E-state index in [1.54, 1.807) is 7.11 Å². The lowest BCUT2D eigenvalue weighted by atomic mass is 9.84. The molecule has 21 heavy (non-hydrogen) atoms. The van der Waals surface area contributed by atoms with E-state index in [2.05, 4.69) is 37.8 Å². The monoisotopic (exact) mass is 288 g/mol. The molecule has 0 aliphatic carbocycles. The Balaban J connectivity index is 1.94. The molecule has 0 spiro atoms. The fourth-order valence-corrected chi connectivity index (χ4v) is 3.29. The van der Waals surface area contributed by atoms with Crippen molar-refractivity contribution in [3.05, 3.63) is 42.5 Å². The second-order valence-corrected chi connectivity index (χ2v) is 6.00. The summed E-state index contributed by atoms with van der Waals surface area (Å²) in [6.07, 6.45) is 8.50. The molecular weight excluding hydrogens is 260 g/mol. The molecule has 0 bridgehead atoms. The summed E-state index contributed by atoms with van der Waals surface area (Å²) < 4.78 is 11.3. The topological polar surface area (TPSA) is 18.5 Å². The van der Waals surface area contributed by atoms with Crippen LogP contribution in [-0.4, -0.2) is 19.8 Å². The average molecular weight is 288 g/mol. The molecule has 1 heterocycles. The van der Waals surface area contributed by atoms with Crippen LogP contribution in [-0.2, 0) is 11.2 Å². The highest BCUT2D eigenvalue weighted by Gasteiger charge is 2.34. The minimum atomic E-state index is 0.365. The molecule has 0 aromatic heterocycles. The van der Waals surface area contributed by atoms with Crippen molar-refractivity contribution in [1.82, 2.24) is 0 Å². The van der Waals surface area contributed by atoms with E-state index in [1.165, 1.54) is 31.2 Å². The molecule has 2 rings (SSSR count). The zero-order valence-corrected chi connectivity index (χ0v) is 13.4. The maximum absolute atomic E-state index is 6.04. The predicted octanol–water partition coefficient (Wildman–Crippen LogP) is 4.64. The normalized spacial score (nSPS) is 25.0. The zero-order chi connectivity index (χ0) is 15.1. The van der Waals surface area contributed by atoms with Gasteiger partial charge in [-0.25, -0.2) is 0 Å². The van der Waals surface area contributed by atoms with Crippen LogP contribution in [0.15, 0.2) is 36.9 Å². The largest absolute Gasteiger partial charge is 0.497 e. The van der Waals surface area contributed by atoms with Crippen LogP contribution in [0.1, 0.15) is 38.2 Å². The quantitative estimate of drug-likeness (QED) is 0.512. The van der Waals surface area contributed by atoms with Crippen LogP contribution in [0.2, 0.25) is 0 Å². The third kappa shape index (κ3) is 4.34. The molecule has 0 radical (unpaired) electrons. The number of hydrogen-bond acceptors (Lipinski definition) is 2. The molecule has 0 amide bonds. The predicted molar refractivity (Wildman–Crippen MR) is 87.8 cm³/mol. The molecule has 3 atom stereocenters. The molecule has 1 aromatic rings. The summed E-state index contributed by atoms with van der Waals surface area (Å²) in [7, 11) is 1.72. The number of rotatable bonds is 8. The maximum atomic E-state index is 6.04. The van der Waals surface area contributed by atoms with E-state index >= 15 is 0 Å². The first-order valence-electron chi connectivity index (χ1n) is 8.15. The highest BCUT2D eigenvalue weighted by Crippen LogP contribution is 2.34. The first kappa shape index (κ1) is 16.1. The van der Waals surface area contributed by atoms with Crippen LogP contribution in [0.5, 0.6) is 5.75 Å². The first-order chi connectivity index (χ1) is 10.3. The molecular formula is C19H28O2. The summed E-state index contributed by atoms with van der Waals surface area (Å²) in [4.78, 5) is 0. The van der Waals surface area contributed by atoms with Crippen LogP contribution in [0.4, 0.5) is 0 Å². The van der Waals surface area contributed by atoms with Gasteiger partial charge in [-0.1, -0.05) is 44.4 Å². The lowest BCUT2D eigenvalue weighted by Gasteiger charge is -2.19. The summed E-state index contributed by atoms with van der Waals surface area (Å²) in [6, 6.07) is 8.36. The molecule has 1 fully saturated rings. The Morgan fingerprint density at radius 3 is 2.95 bits per heavy atom. The Labute approximate surface area is 129 Å². The van der Waals surface area contributed by atoms with Crippen LogP contribution in [0, 0.1) is 11.8 Å². The van der Waals surface area contributed by atoms with Crippen molar-refractivity contribution in [2.24, 2.45) is 11.8 Å². The van der Waals surface area contributed by atoms with E-state index in [0.29, 0.717) is 17.9 Å². The van der Waals surface area contributed by atoms with E-state index in [1.807, 2.05) is 6.07 Å². The van der Waals surface area contributed by atoms with Crippen LogP contribution in [0.3, 0.4) is 0 Å². The third-order valence-corrected chi connectivity index (χ3v) is 4.49. The van der Waals surface area contributed by atoms with Gasteiger partial charge < -0.3 is 9.47 Å². The maximum Gasteiger partial charge on any atom is 0.119 e. The van der Waals surface area contributed by atoms with Gasteiger partial charge in [-0.2, -0.15) is 0 Å². The minimum Gasteiger partial charge on any atom is -0.497 e. The van der Waals surface area contributed by atoms with Gasteiger partial charge in [-0.3, -0.25) is 0 Å². The number of unbranched alkanes of at least 4 members (excludes halogenated alkanes) is 2. The number of benzene rings is 1. The molecule has 0 unspecified atom stereocenters. The third-order valence-electron chi connectivity index (χ3n) is 4.49. The minimum absolute atomic E-state index is 0.365. The van der Waals surface area contributed by atoms with Gasteiger partial charge in [0.1, 0.15) is 5.75 Å². The van der Waals surface area contributed by atoms with Crippen molar-refractivity contribution in [3.8, 4) is 5.75 Å². The van der Waals surface area contributed by atoms with E-state index in [0.717, 1.165) is 18.8 Å². The lowest BCUT2D eigenvalue weighted by Crippen LogP contribution is -2.19. The van der Waals surface area contributed by atoms with Gasteiger partial charge in [-0.15, -0.1) is 6.58 Å². The summed E-state index contributed by atoms with van der Waals surface area (Å²) >= 11 is 0. The molecule has 0 N–H and O–H groups in total. The average Bonchev–Trinajstić information content (AvgIpc) is 2.89. The highest BCUT2D eigenvalue weighted by atomic mass is 16.5. The van der Waals surface area contributed by atoms with Gasteiger partial charge in [0.25, 0.3) is 0 Å². The van der Waals surface area contributed by atoms with E-state index in [-0.39, 0.29) is 0 Å². The van der Waals surface area contributed by atoms with E-state index < -0.39 is 0 Å². The number of methoxy groups -OCH3 is 1. The van der Waals surface area contributed by atoms with Gasteiger partial charge in [0.2, 0.25) is 0 Å². The van der Waals surface area contributed by atoms with Gasteiger partial charge in [0.05, 0.1) is 19.8 Å². The summed E-state index contributed by atoms with van der Waals surface area (Å²) in [6.45, 7) is 7.14. The Hall–Kier alpha value is -1.28. The fraction of sp³-hybridized carbons (Fsp3) is 0.579. The van der Waals surface area contributed by atoms with Crippen LogP contribution < -0.4 is 4.74 Å². The van der Waals surface area contributed by atoms with Crippen molar-refractivity contribution in [1.29, 1.82) is 0 Å². The van der Waals surface area contributed by atoms with Crippen molar-refractivity contribution in [2.75, 3.05) is 13.7 Å². The molecule has 1 aliphatic heterocycles. The van der Waals surface area contributed by atoms with Crippen molar-refractivity contribution in [2.45, 2.75) is 45.1 Å². The number of ether oxygens (including phenoxy) is 2. The Bertz CT molecular complexity index is 441. The van der Waals surface area contributed by atoms with Crippen molar-refractivity contribution < 1.29 is 9.47 Å². The fourth-order valence-electron chi connectivity index (χ4n) is 3.29. The van der Waals surface area contributed by atoms with Gasteiger partial charge in [-0.05, 0) is 36.5 Å². The van der Waals surface area contributed by atoms with Crippen LogP contribution >= 0.6 is 0 Å². The highest BCUT2D eigenvalue weighted by molar-refractivity contribution is 5.29. The number of hydrogen-bond donors (Lipinski definition) is 0. The van der Waals surface area contributed by atoms with Gasteiger partial charge in [0.15, 0.2) is 0 Å². The first-order valence-corrected chi connectivity index (χ1v) is 8.15. The van der Waals surface area contributed by atoms with Gasteiger partial charge >= 0.3 is 0 Å². The molecule has 2 heteroatoms. The second kappa shape index (κ2) is 8.23. The molecule has 116 valence electrons. The summed E-state index contributed by atoms with van der Waals surface area (Å²) in [5, 5.41) is 0. The van der Waals surface area contributed by atoms with E-state index in [9.17, 15) is 0 Å². The summed E-state index contributed by atoms with van der Waals surface area (Å²) in [5.74, 6) is 1.95. The Morgan fingerprint density at radius 2 is 2.24 bits per heavy atom. The van der Waals surface area contributed by atoms with Crippen molar-refractivity contribution >= 4 is 0 Å². The lowest BCUT2D eigenvalue weighted by molar-refractivity contribution is 0.0883. The van der Waals surface area contributed by atoms with Crippen LogP contribution in [0.25, 0.3) is 0 Å².